The number of likely N-dealkylation sites (tertiary alicyclic amines) is 1. The molecule has 5 rings (SSSR count). The molecular weight excluding hydrogens is 410 g/mol. The number of ketones is 1. The molecule has 2 aliphatic rings. The summed E-state index contributed by atoms with van der Waals surface area (Å²) in [6.07, 6.45) is 2.22. The lowest BCUT2D eigenvalue weighted by atomic mass is 9.94. The third-order valence-corrected chi connectivity index (χ3v) is 5.80. The summed E-state index contributed by atoms with van der Waals surface area (Å²) in [6.45, 7) is 2.01. The van der Waals surface area contributed by atoms with Crippen LogP contribution in [0.5, 0.6) is 11.5 Å². The first-order valence-corrected chi connectivity index (χ1v) is 10.3. The van der Waals surface area contributed by atoms with Gasteiger partial charge in [0.15, 0.2) is 0 Å². The van der Waals surface area contributed by atoms with Crippen LogP contribution in [-0.2, 0) is 22.6 Å². The zero-order chi connectivity index (χ0) is 22.4. The average molecular weight is 431 g/mol. The molecule has 7 nitrogen and oxygen atoms in total. The number of carbonyl (C=O) groups excluding carboxylic acids is 2. The topological polar surface area (TPSA) is 100 Å². The van der Waals surface area contributed by atoms with Crippen LogP contribution in [-0.4, -0.2) is 32.9 Å². The van der Waals surface area contributed by atoms with Crippen molar-refractivity contribution in [3.63, 3.8) is 0 Å². The predicted molar refractivity (Wildman–Crippen MR) is 115 cm³/mol. The Hall–Kier alpha value is -4.00. The second-order valence-corrected chi connectivity index (χ2v) is 8.06. The van der Waals surface area contributed by atoms with Crippen LogP contribution in [0.2, 0.25) is 0 Å². The van der Waals surface area contributed by atoms with Crippen molar-refractivity contribution >= 4 is 17.4 Å². The molecule has 0 aliphatic carbocycles. The summed E-state index contributed by atoms with van der Waals surface area (Å²) >= 11 is 0. The van der Waals surface area contributed by atoms with Crippen molar-refractivity contribution in [1.82, 2.24) is 4.90 Å². The molecule has 2 aliphatic heterocycles. The van der Waals surface area contributed by atoms with Crippen LogP contribution in [0.15, 0.2) is 70.9 Å². The lowest BCUT2D eigenvalue weighted by Crippen LogP contribution is -2.29. The van der Waals surface area contributed by atoms with Crippen molar-refractivity contribution < 1.29 is 29.0 Å². The number of furan rings is 1. The van der Waals surface area contributed by atoms with Gasteiger partial charge in [-0.2, -0.15) is 0 Å². The lowest BCUT2D eigenvalue weighted by Gasteiger charge is -2.24. The van der Waals surface area contributed by atoms with E-state index in [1.54, 1.807) is 42.5 Å². The number of phenols is 1. The minimum Gasteiger partial charge on any atom is -0.508 e. The van der Waals surface area contributed by atoms with E-state index in [1.165, 1.54) is 23.3 Å². The molecule has 1 fully saturated rings. The number of amides is 1. The van der Waals surface area contributed by atoms with Crippen molar-refractivity contribution in [3.05, 3.63) is 88.9 Å². The first kappa shape index (κ1) is 19.9. The van der Waals surface area contributed by atoms with E-state index in [1.807, 2.05) is 6.92 Å². The van der Waals surface area contributed by atoms with Crippen LogP contribution < -0.4 is 4.74 Å². The number of hydrogen-bond acceptors (Lipinski definition) is 6. The fourth-order valence-electron chi connectivity index (χ4n) is 4.38. The van der Waals surface area contributed by atoms with Crippen LogP contribution >= 0.6 is 0 Å². The van der Waals surface area contributed by atoms with Crippen molar-refractivity contribution in [2.75, 3.05) is 0 Å². The second kappa shape index (κ2) is 7.60. The average Bonchev–Trinajstić information content (AvgIpc) is 3.47. The van der Waals surface area contributed by atoms with Crippen LogP contribution in [0.25, 0.3) is 5.76 Å². The Morgan fingerprint density at radius 2 is 1.97 bits per heavy atom. The highest BCUT2D eigenvalue weighted by Gasteiger charge is 2.46. The van der Waals surface area contributed by atoms with Crippen molar-refractivity contribution in [1.29, 1.82) is 0 Å². The number of fused-ring (bicyclic) bond motifs is 1. The molecule has 2 atom stereocenters. The van der Waals surface area contributed by atoms with E-state index < -0.39 is 17.7 Å². The maximum Gasteiger partial charge on any atom is 0.296 e. The van der Waals surface area contributed by atoms with Gasteiger partial charge in [0.25, 0.3) is 11.7 Å². The van der Waals surface area contributed by atoms with E-state index in [-0.39, 0.29) is 29.7 Å². The van der Waals surface area contributed by atoms with Crippen LogP contribution in [0, 0.1) is 0 Å². The number of aliphatic hydroxyl groups is 1. The first-order chi connectivity index (χ1) is 15.4. The van der Waals surface area contributed by atoms with Crippen LogP contribution in [0.4, 0.5) is 0 Å². The summed E-state index contributed by atoms with van der Waals surface area (Å²) in [6, 6.07) is 14.1. The number of hydrogen-bond donors (Lipinski definition) is 2. The highest BCUT2D eigenvalue weighted by molar-refractivity contribution is 6.46. The molecule has 3 heterocycles. The van der Waals surface area contributed by atoms with Gasteiger partial charge >= 0.3 is 0 Å². The Bertz CT molecular complexity index is 1240. The monoisotopic (exact) mass is 431 g/mol. The van der Waals surface area contributed by atoms with E-state index in [4.69, 9.17) is 9.15 Å². The van der Waals surface area contributed by atoms with Gasteiger partial charge in [-0.25, -0.2) is 0 Å². The largest absolute Gasteiger partial charge is 0.508 e. The number of phenolic OH excluding ortho intramolecular Hbond substituents is 1. The molecular formula is C25H21NO6. The highest BCUT2D eigenvalue weighted by atomic mass is 16.5. The quantitative estimate of drug-likeness (QED) is 0.369. The smallest absolute Gasteiger partial charge is 0.296 e. The van der Waals surface area contributed by atoms with Gasteiger partial charge in [0.2, 0.25) is 0 Å². The number of aliphatic hydroxyl groups excluding tert-OH is 1. The Morgan fingerprint density at radius 1 is 1.12 bits per heavy atom. The molecule has 1 amide bonds. The minimum absolute atomic E-state index is 0.00486. The number of rotatable bonds is 4. The first-order valence-electron chi connectivity index (χ1n) is 10.3. The van der Waals surface area contributed by atoms with Gasteiger partial charge in [0.1, 0.15) is 29.1 Å². The molecule has 2 aromatic carbocycles. The molecule has 32 heavy (non-hydrogen) atoms. The van der Waals surface area contributed by atoms with Gasteiger partial charge in [-0.3, -0.25) is 9.59 Å². The molecule has 0 bridgehead atoms. The lowest BCUT2D eigenvalue weighted by molar-refractivity contribution is -0.140. The molecule has 7 heteroatoms. The van der Waals surface area contributed by atoms with E-state index in [0.717, 1.165) is 11.3 Å². The van der Waals surface area contributed by atoms with E-state index in [9.17, 15) is 19.8 Å². The third kappa shape index (κ3) is 3.32. The van der Waals surface area contributed by atoms with Crippen LogP contribution in [0.3, 0.4) is 0 Å². The normalized spacial score (nSPS) is 21.6. The number of carbonyl (C=O) groups is 2. The maximum atomic E-state index is 13.1. The molecule has 162 valence electrons. The van der Waals surface area contributed by atoms with Gasteiger partial charge < -0.3 is 24.3 Å². The SMILES string of the molecule is C[C@@H]1Cc2cc(/C(O)=C3\C(=O)C(=O)N(Cc4ccco4)[C@H]3c3cccc(O)c3)ccc2O1. The van der Waals surface area contributed by atoms with Gasteiger partial charge in [0.05, 0.1) is 24.4 Å². The summed E-state index contributed by atoms with van der Waals surface area (Å²) in [5.41, 5.74) is 1.84. The third-order valence-electron chi connectivity index (χ3n) is 5.80. The van der Waals surface area contributed by atoms with E-state index in [0.29, 0.717) is 23.3 Å². The molecule has 0 unspecified atom stereocenters. The second-order valence-electron chi connectivity index (χ2n) is 8.06. The van der Waals surface area contributed by atoms with Crippen molar-refractivity contribution in [2.45, 2.75) is 32.0 Å². The molecule has 3 aromatic rings. The highest BCUT2D eigenvalue weighted by Crippen LogP contribution is 2.42. The Kier molecular flexibility index (Phi) is 4.74. The molecule has 1 saturated heterocycles. The summed E-state index contributed by atoms with van der Waals surface area (Å²) in [7, 11) is 0. The number of nitrogens with zero attached hydrogens (tertiary/aromatic N) is 1. The molecule has 1 aromatic heterocycles. The minimum atomic E-state index is -0.879. The standard InChI is InChI=1S/C25H21NO6/c1-14-10-17-11-16(7-8-20(17)32-14)23(28)21-22(15-4-2-5-18(27)12-15)26(25(30)24(21)29)13-19-6-3-9-31-19/h2-9,11-12,14,22,27-28H,10,13H2,1H3/b23-21+/t14-,22+/m1/s1. The summed E-state index contributed by atoms with van der Waals surface area (Å²) in [5.74, 6) is -0.546. The molecule has 0 spiro atoms. The zero-order valence-corrected chi connectivity index (χ0v) is 17.3. The van der Waals surface area contributed by atoms with E-state index >= 15 is 0 Å². The fraction of sp³-hybridized carbons (Fsp3) is 0.200. The number of ether oxygens (including phenoxy) is 1. The molecule has 2 N–H and O–H groups in total. The van der Waals surface area contributed by atoms with Gasteiger partial charge in [-0.1, -0.05) is 12.1 Å². The Labute approximate surface area is 184 Å². The summed E-state index contributed by atoms with van der Waals surface area (Å²) < 4.78 is 11.1. The summed E-state index contributed by atoms with van der Waals surface area (Å²) in [4.78, 5) is 27.4. The summed E-state index contributed by atoms with van der Waals surface area (Å²) in [5, 5.41) is 21.2. The Balaban J connectivity index is 1.64. The van der Waals surface area contributed by atoms with Gasteiger partial charge in [0, 0.05) is 12.0 Å². The maximum absolute atomic E-state index is 13.1. The number of benzene rings is 2. The van der Waals surface area contributed by atoms with E-state index in [2.05, 4.69) is 0 Å². The van der Waals surface area contributed by atoms with Gasteiger partial charge in [-0.15, -0.1) is 0 Å². The van der Waals surface area contributed by atoms with Crippen molar-refractivity contribution in [2.24, 2.45) is 0 Å². The Morgan fingerprint density at radius 3 is 2.72 bits per heavy atom. The predicted octanol–water partition coefficient (Wildman–Crippen LogP) is 3.93. The fourth-order valence-corrected chi connectivity index (χ4v) is 4.38. The van der Waals surface area contributed by atoms with Crippen molar-refractivity contribution in [3.8, 4) is 11.5 Å². The molecule has 0 radical (unpaired) electrons. The molecule has 0 saturated carbocycles. The number of aromatic hydroxyl groups is 1. The van der Waals surface area contributed by atoms with Crippen LogP contribution in [0.1, 0.15) is 35.4 Å². The number of Topliss-reactive ketones (excluding diaryl/α,β-unsaturated/α-hetero) is 1. The zero-order valence-electron chi connectivity index (χ0n) is 17.3. The van der Waals surface area contributed by atoms with Gasteiger partial charge in [-0.05, 0) is 60.5 Å².